The van der Waals surface area contributed by atoms with E-state index in [1.807, 2.05) is 6.07 Å². The van der Waals surface area contributed by atoms with Crippen molar-refractivity contribution in [2.75, 3.05) is 18.0 Å². The molecule has 1 aliphatic rings. The SMILES string of the molecule is N#Cc1c(N2CC[C@@H](O)C2)c2ccc(C(F)(F)F)nc2n(-c2ccccc2Cl)c1=O. The molecule has 3 heterocycles. The third kappa shape index (κ3) is 3.28. The monoisotopic (exact) mass is 434 g/mol. The van der Waals surface area contributed by atoms with Crippen molar-refractivity contribution in [3.05, 3.63) is 63.0 Å². The molecule has 0 bridgehead atoms. The second-order valence-electron chi connectivity index (χ2n) is 6.88. The van der Waals surface area contributed by atoms with Gasteiger partial charge in [0.05, 0.1) is 22.5 Å². The zero-order valence-electron chi connectivity index (χ0n) is 15.3. The number of hydrogen-bond acceptors (Lipinski definition) is 5. The van der Waals surface area contributed by atoms with Crippen LogP contribution in [0.15, 0.2) is 41.2 Å². The summed E-state index contributed by atoms with van der Waals surface area (Å²) < 4.78 is 41.0. The van der Waals surface area contributed by atoms with Gasteiger partial charge in [-0.25, -0.2) is 4.98 Å². The van der Waals surface area contributed by atoms with Crippen molar-refractivity contribution in [2.45, 2.75) is 18.7 Å². The first-order valence-electron chi connectivity index (χ1n) is 8.97. The lowest BCUT2D eigenvalue weighted by atomic mass is 10.1. The first-order chi connectivity index (χ1) is 14.2. The third-order valence-corrected chi connectivity index (χ3v) is 5.29. The summed E-state index contributed by atoms with van der Waals surface area (Å²) in [5.41, 5.74) is -2.24. The molecule has 1 N–H and O–H groups in total. The molecule has 154 valence electrons. The van der Waals surface area contributed by atoms with Crippen LogP contribution in [0.2, 0.25) is 5.02 Å². The Hall–Kier alpha value is -3.09. The normalized spacial score (nSPS) is 16.8. The van der Waals surface area contributed by atoms with E-state index in [-0.39, 0.29) is 39.5 Å². The minimum Gasteiger partial charge on any atom is -0.391 e. The summed E-state index contributed by atoms with van der Waals surface area (Å²) in [5.74, 6) is 0. The van der Waals surface area contributed by atoms with Gasteiger partial charge in [-0.3, -0.25) is 9.36 Å². The number of pyridine rings is 2. The summed E-state index contributed by atoms with van der Waals surface area (Å²) in [6, 6.07) is 10.0. The molecule has 1 aliphatic heterocycles. The Labute approximate surface area is 173 Å². The highest BCUT2D eigenvalue weighted by molar-refractivity contribution is 6.32. The number of aromatic nitrogens is 2. The van der Waals surface area contributed by atoms with Gasteiger partial charge in [0.25, 0.3) is 5.56 Å². The minimum absolute atomic E-state index is 0.116. The highest BCUT2D eigenvalue weighted by Crippen LogP contribution is 2.35. The number of aliphatic hydroxyl groups is 1. The van der Waals surface area contributed by atoms with E-state index in [1.165, 1.54) is 18.2 Å². The van der Waals surface area contributed by atoms with Gasteiger partial charge in [0.15, 0.2) is 0 Å². The lowest BCUT2D eigenvalue weighted by molar-refractivity contribution is -0.141. The van der Waals surface area contributed by atoms with Gasteiger partial charge in [-0.1, -0.05) is 23.7 Å². The maximum Gasteiger partial charge on any atom is 0.433 e. The van der Waals surface area contributed by atoms with Crippen molar-refractivity contribution in [1.82, 2.24) is 9.55 Å². The van der Waals surface area contributed by atoms with Crippen LogP contribution in [0.1, 0.15) is 17.7 Å². The molecule has 0 radical (unpaired) electrons. The summed E-state index contributed by atoms with van der Waals surface area (Å²) in [6.45, 7) is 0.502. The van der Waals surface area contributed by atoms with Crippen LogP contribution in [-0.4, -0.2) is 33.9 Å². The molecule has 0 aliphatic carbocycles. The molecule has 0 unspecified atom stereocenters. The largest absolute Gasteiger partial charge is 0.433 e. The van der Waals surface area contributed by atoms with E-state index in [1.54, 1.807) is 17.0 Å². The van der Waals surface area contributed by atoms with Crippen molar-refractivity contribution in [1.29, 1.82) is 5.26 Å². The number of alkyl halides is 3. The van der Waals surface area contributed by atoms with Crippen molar-refractivity contribution >= 4 is 28.3 Å². The number of benzene rings is 1. The van der Waals surface area contributed by atoms with Crippen LogP contribution in [0.25, 0.3) is 16.7 Å². The van der Waals surface area contributed by atoms with Crippen LogP contribution in [0.5, 0.6) is 0 Å². The summed E-state index contributed by atoms with van der Waals surface area (Å²) in [6.07, 6.45) is -4.98. The molecular weight excluding hydrogens is 421 g/mol. The molecule has 6 nitrogen and oxygen atoms in total. The number of fused-ring (bicyclic) bond motifs is 1. The van der Waals surface area contributed by atoms with Gasteiger partial charge in [-0.15, -0.1) is 0 Å². The molecule has 0 spiro atoms. The molecule has 4 rings (SSSR count). The average Bonchev–Trinajstić information content (AvgIpc) is 3.12. The van der Waals surface area contributed by atoms with Crippen LogP contribution in [0, 0.1) is 11.3 Å². The van der Waals surface area contributed by atoms with Gasteiger partial charge >= 0.3 is 6.18 Å². The fraction of sp³-hybridized carbons (Fsp3) is 0.250. The van der Waals surface area contributed by atoms with E-state index in [4.69, 9.17) is 11.6 Å². The van der Waals surface area contributed by atoms with Crippen molar-refractivity contribution < 1.29 is 18.3 Å². The van der Waals surface area contributed by atoms with Crippen LogP contribution in [0.4, 0.5) is 18.9 Å². The lowest BCUT2D eigenvalue weighted by Crippen LogP contribution is -2.30. The van der Waals surface area contributed by atoms with Gasteiger partial charge in [0, 0.05) is 18.5 Å². The van der Waals surface area contributed by atoms with Crippen LogP contribution < -0.4 is 10.5 Å². The molecular formula is C20H14ClF3N4O2. The molecule has 1 aromatic carbocycles. The minimum atomic E-state index is -4.73. The fourth-order valence-electron chi connectivity index (χ4n) is 3.64. The maximum atomic E-state index is 13.4. The Morgan fingerprint density at radius 2 is 1.97 bits per heavy atom. The molecule has 10 heteroatoms. The quantitative estimate of drug-likeness (QED) is 0.667. The smallest absolute Gasteiger partial charge is 0.391 e. The Morgan fingerprint density at radius 3 is 2.57 bits per heavy atom. The number of para-hydroxylation sites is 1. The Kier molecular flexibility index (Phi) is 4.92. The van der Waals surface area contributed by atoms with Gasteiger partial charge in [0.2, 0.25) is 0 Å². The Balaban J connectivity index is 2.15. The van der Waals surface area contributed by atoms with Crippen LogP contribution >= 0.6 is 11.6 Å². The van der Waals surface area contributed by atoms with Crippen LogP contribution in [0.3, 0.4) is 0 Å². The number of halogens is 4. The number of β-amino-alcohol motifs (C(OH)–C–C–N with tert-alkyl or cyclic N) is 1. The maximum absolute atomic E-state index is 13.4. The molecule has 1 atom stereocenters. The zero-order chi connectivity index (χ0) is 21.6. The number of nitrogens with zero attached hydrogens (tertiary/aromatic N) is 4. The van der Waals surface area contributed by atoms with E-state index in [0.29, 0.717) is 13.0 Å². The number of hydrogen-bond donors (Lipinski definition) is 1. The Morgan fingerprint density at radius 1 is 1.23 bits per heavy atom. The second kappa shape index (κ2) is 7.31. The number of rotatable bonds is 2. The number of aliphatic hydroxyl groups excluding tert-OH is 1. The van der Waals surface area contributed by atoms with Gasteiger partial charge in [0.1, 0.15) is 23.0 Å². The van der Waals surface area contributed by atoms with E-state index in [0.717, 1.165) is 10.6 Å². The molecule has 3 aromatic rings. The molecule has 1 fully saturated rings. The van der Waals surface area contributed by atoms with Gasteiger partial charge in [-0.2, -0.15) is 18.4 Å². The second-order valence-corrected chi connectivity index (χ2v) is 7.29. The number of anilines is 1. The summed E-state index contributed by atoms with van der Waals surface area (Å²) >= 11 is 6.21. The molecule has 0 amide bonds. The summed E-state index contributed by atoms with van der Waals surface area (Å²) in [7, 11) is 0. The highest BCUT2D eigenvalue weighted by atomic mass is 35.5. The number of nitriles is 1. The third-order valence-electron chi connectivity index (χ3n) is 4.97. The predicted molar refractivity (Wildman–Crippen MR) is 105 cm³/mol. The molecule has 2 aromatic heterocycles. The average molecular weight is 435 g/mol. The molecule has 30 heavy (non-hydrogen) atoms. The lowest BCUT2D eigenvalue weighted by Gasteiger charge is -2.23. The van der Waals surface area contributed by atoms with E-state index in [9.17, 15) is 28.3 Å². The van der Waals surface area contributed by atoms with E-state index in [2.05, 4.69) is 4.98 Å². The summed E-state index contributed by atoms with van der Waals surface area (Å²) in [4.78, 5) is 18.6. The Bertz CT molecular complexity index is 1250. The standard InChI is InChI=1S/C20H14ClF3N4O2/c21-14-3-1-2-4-15(14)28-18-12(5-6-16(26-18)20(22,23)24)17(13(9-25)19(28)30)27-8-7-11(29)10-27/h1-6,11,29H,7-8,10H2/t11-/m1/s1. The fourth-order valence-corrected chi connectivity index (χ4v) is 3.86. The van der Waals surface area contributed by atoms with Gasteiger partial charge < -0.3 is 10.0 Å². The molecule has 1 saturated heterocycles. The first kappa shape index (κ1) is 20.2. The van der Waals surface area contributed by atoms with Crippen LogP contribution in [-0.2, 0) is 6.18 Å². The highest BCUT2D eigenvalue weighted by Gasteiger charge is 2.34. The predicted octanol–water partition coefficient (Wildman–Crippen LogP) is 3.50. The van der Waals surface area contributed by atoms with Crippen molar-refractivity contribution in [3.8, 4) is 11.8 Å². The molecule has 0 saturated carbocycles. The van der Waals surface area contributed by atoms with Gasteiger partial charge in [-0.05, 0) is 30.7 Å². The summed E-state index contributed by atoms with van der Waals surface area (Å²) in [5, 5.41) is 19.9. The van der Waals surface area contributed by atoms with Crippen molar-refractivity contribution in [2.24, 2.45) is 0 Å². The topological polar surface area (TPSA) is 82.2 Å². The van der Waals surface area contributed by atoms with E-state index >= 15 is 0 Å². The van der Waals surface area contributed by atoms with Crippen molar-refractivity contribution in [3.63, 3.8) is 0 Å². The van der Waals surface area contributed by atoms with E-state index < -0.39 is 23.5 Å². The zero-order valence-corrected chi connectivity index (χ0v) is 16.1. The first-order valence-corrected chi connectivity index (χ1v) is 9.35.